The van der Waals surface area contributed by atoms with Crippen LogP contribution in [0, 0.1) is 0 Å². The van der Waals surface area contributed by atoms with Crippen LogP contribution < -0.4 is 5.32 Å². The van der Waals surface area contributed by atoms with Gasteiger partial charge in [-0.3, -0.25) is 0 Å². The average molecular weight is 311 g/mol. The molecule has 0 saturated carbocycles. The van der Waals surface area contributed by atoms with E-state index in [0.717, 1.165) is 4.47 Å². The van der Waals surface area contributed by atoms with Crippen LogP contribution in [0.5, 0.6) is 0 Å². The van der Waals surface area contributed by atoms with Crippen LogP contribution in [-0.2, 0) is 0 Å². The zero-order valence-electron chi connectivity index (χ0n) is 11.3. The Hall–Kier alpha value is -0.380. The minimum absolute atomic E-state index is 0.437. The first-order valence-electron chi connectivity index (χ1n) is 6.85. The minimum atomic E-state index is 0.437. The predicted molar refractivity (Wildman–Crippen MR) is 80.8 cm³/mol. The van der Waals surface area contributed by atoms with Gasteiger partial charge in [-0.25, -0.2) is 0 Å². The van der Waals surface area contributed by atoms with Gasteiger partial charge in [0.25, 0.3) is 0 Å². The van der Waals surface area contributed by atoms with E-state index in [4.69, 9.17) is 0 Å². The zero-order valence-corrected chi connectivity index (χ0v) is 12.9. The number of nitrogens with zero attached hydrogens (tertiary/aromatic N) is 1. The second-order valence-corrected chi connectivity index (χ2v) is 6.29. The SMILES string of the molecule is CC(NC1CCCN(C)CC1)c1ccc(Br)cc1. The maximum Gasteiger partial charge on any atom is 0.0294 e. The molecular weight excluding hydrogens is 288 g/mol. The van der Waals surface area contributed by atoms with E-state index in [2.05, 4.69) is 64.4 Å². The number of rotatable bonds is 3. The van der Waals surface area contributed by atoms with Gasteiger partial charge in [0, 0.05) is 16.6 Å². The van der Waals surface area contributed by atoms with Crippen molar-refractivity contribution in [2.24, 2.45) is 0 Å². The highest BCUT2D eigenvalue weighted by atomic mass is 79.9. The van der Waals surface area contributed by atoms with Gasteiger partial charge < -0.3 is 10.2 Å². The van der Waals surface area contributed by atoms with E-state index in [1.807, 2.05) is 0 Å². The lowest BCUT2D eigenvalue weighted by atomic mass is 10.0. The van der Waals surface area contributed by atoms with Crippen molar-refractivity contribution < 1.29 is 0 Å². The molecule has 18 heavy (non-hydrogen) atoms. The van der Waals surface area contributed by atoms with Crippen LogP contribution in [0.25, 0.3) is 0 Å². The Morgan fingerprint density at radius 1 is 1.22 bits per heavy atom. The van der Waals surface area contributed by atoms with Crippen molar-refractivity contribution in [1.82, 2.24) is 10.2 Å². The largest absolute Gasteiger partial charge is 0.307 e. The third-order valence-electron chi connectivity index (χ3n) is 3.81. The topological polar surface area (TPSA) is 15.3 Å². The summed E-state index contributed by atoms with van der Waals surface area (Å²) in [6.07, 6.45) is 3.86. The highest BCUT2D eigenvalue weighted by Gasteiger charge is 2.17. The average Bonchev–Trinajstić information content (AvgIpc) is 2.55. The van der Waals surface area contributed by atoms with Crippen LogP contribution in [0.1, 0.15) is 37.8 Å². The molecule has 1 aliphatic heterocycles. The molecule has 3 heteroatoms. The van der Waals surface area contributed by atoms with E-state index < -0.39 is 0 Å². The maximum absolute atomic E-state index is 3.77. The van der Waals surface area contributed by atoms with Crippen molar-refractivity contribution in [2.75, 3.05) is 20.1 Å². The third kappa shape index (κ3) is 4.08. The van der Waals surface area contributed by atoms with E-state index in [9.17, 15) is 0 Å². The van der Waals surface area contributed by atoms with E-state index in [1.165, 1.54) is 37.9 Å². The molecule has 1 fully saturated rings. The summed E-state index contributed by atoms with van der Waals surface area (Å²) in [5.41, 5.74) is 1.37. The molecule has 1 saturated heterocycles. The van der Waals surface area contributed by atoms with Crippen molar-refractivity contribution in [2.45, 2.75) is 38.3 Å². The molecule has 0 spiro atoms. The highest BCUT2D eigenvalue weighted by molar-refractivity contribution is 9.10. The van der Waals surface area contributed by atoms with Gasteiger partial charge in [0.05, 0.1) is 0 Å². The summed E-state index contributed by atoms with van der Waals surface area (Å²) in [5.74, 6) is 0. The van der Waals surface area contributed by atoms with Crippen LogP contribution in [0.15, 0.2) is 28.7 Å². The number of nitrogens with one attached hydrogen (secondary N) is 1. The lowest BCUT2D eigenvalue weighted by Crippen LogP contribution is -2.32. The first-order valence-corrected chi connectivity index (χ1v) is 7.64. The van der Waals surface area contributed by atoms with Crippen molar-refractivity contribution in [3.05, 3.63) is 34.3 Å². The van der Waals surface area contributed by atoms with Crippen molar-refractivity contribution >= 4 is 15.9 Å². The van der Waals surface area contributed by atoms with Gasteiger partial charge in [-0.05, 0) is 64.0 Å². The molecule has 2 rings (SSSR count). The summed E-state index contributed by atoms with van der Waals surface area (Å²) in [6.45, 7) is 4.72. The molecule has 0 bridgehead atoms. The lowest BCUT2D eigenvalue weighted by molar-refractivity contribution is 0.340. The molecule has 2 unspecified atom stereocenters. The lowest BCUT2D eigenvalue weighted by Gasteiger charge is -2.22. The van der Waals surface area contributed by atoms with Gasteiger partial charge in [0.2, 0.25) is 0 Å². The fraction of sp³-hybridized carbons (Fsp3) is 0.600. The van der Waals surface area contributed by atoms with Gasteiger partial charge in [-0.1, -0.05) is 28.1 Å². The van der Waals surface area contributed by atoms with Crippen LogP contribution in [0.2, 0.25) is 0 Å². The Balaban J connectivity index is 1.90. The second kappa shape index (κ2) is 6.69. The highest BCUT2D eigenvalue weighted by Crippen LogP contribution is 2.19. The van der Waals surface area contributed by atoms with E-state index in [1.54, 1.807) is 0 Å². The summed E-state index contributed by atoms with van der Waals surface area (Å²) in [6, 6.07) is 9.73. The van der Waals surface area contributed by atoms with Crippen LogP contribution in [0.4, 0.5) is 0 Å². The van der Waals surface area contributed by atoms with E-state index in [-0.39, 0.29) is 0 Å². The van der Waals surface area contributed by atoms with Gasteiger partial charge in [0.1, 0.15) is 0 Å². The van der Waals surface area contributed by atoms with Gasteiger partial charge in [-0.2, -0.15) is 0 Å². The summed E-state index contributed by atoms with van der Waals surface area (Å²) in [7, 11) is 2.22. The van der Waals surface area contributed by atoms with E-state index in [0.29, 0.717) is 12.1 Å². The summed E-state index contributed by atoms with van der Waals surface area (Å²) in [5, 5.41) is 3.77. The molecule has 0 amide bonds. The molecule has 0 aliphatic carbocycles. The van der Waals surface area contributed by atoms with Gasteiger partial charge in [0.15, 0.2) is 0 Å². The van der Waals surface area contributed by atoms with Crippen molar-refractivity contribution in [3.8, 4) is 0 Å². The molecule has 0 radical (unpaired) electrons. The molecule has 1 N–H and O–H groups in total. The number of halogens is 1. The summed E-state index contributed by atoms with van der Waals surface area (Å²) in [4.78, 5) is 2.44. The monoisotopic (exact) mass is 310 g/mol. The quantitative estimate of drug-likeness (QED) is 0.918. The Morgan fingerprint density at radius 2 is 1.94 bits per heavy atom. The van der Waals surface area contributed by atoms with E-state index >= 15 is 0 Å². The Labute approximate surface area is 119 Å². The van der Waals surface area contributed by atoms with Crippen LogP contribution in [0.3, 0.4) is 0 Å². The smallest absolute Gasteiger partial charge is 0.0294 e. The first-order chi connectivity index (χ1) is 8.65. The molecule has 1 aliphatic rings. The van der Waals surface area contributed by atoms with Gasteiger partial charge >= 0.3 is 0 Å². The molecular formula is C15H23BrN2. The number of benzene rings is 1. The third-order valence-corrected chi connectivity index (χ3v) is 4.34. The normalized spacial score (nSPS) is 23.6. The maximum atomic E-state index is 3.77. The second-order valence-electron chi connectivity index (χ2n) is 5.37. The molecule has 100 valence electrons. The molecule has 0 aromatic heterocycles. The predicted octanol–water partition coefficient (Wildman–Crippen LogP) is 3.58. The Morgan fingerprint density at radius 3 is 2.67 bits per heavy atom. The summed E-state index contributed by atoms with van der Waals surface area (Å²) < 4.78 is 1.15. The molecule has 1 heterocycles. The number of likely N-dealkylation sites (tertiary alicyclic amines) is 1. The minimum Gasteiger partial charge on any atom is -0.307 e. The fourth-order valence-corrected chi connectivity index (χ4v) is 2.87. The zero-order chi connectivity index (χ0) is 13.0. The summed E-state index contributed by atoms with van der Waals surface area (Å²) >= 11 is 3.48. The van der Waals surface area contributed by atoms with Crippen molar-refractivity contribution in [1.29, 1.82) is 0 Å². The van der Waals surface area contributed by atoms with Crippen molar-refractivity contribution in [3.63, 3.8) is 0 Å². The molecule has 1 aromatic rings. The Bertz CT molecular complexity index is 363. The van der Waals surface area contributed by atoms with Crippen LogP contribution >= 0.6 is 15.9 Å². The number of hydrogen-bond acceptors (Lipinski definition) is 2. The first kappa shape index (κ1) is 14.0. The molecule has 2 nitrogen and oxygen atoms in total. The van der Waals surface area contributed by atoms with Crippen LogP contribution in [-0.4, -0.2) is 31.1 Å². The molecule has 1 aromatic carbocycles. The standard InChI is InChI=1S/C15H23BrN2/c1-12(13-5-7-14(16)8-6-13)17-15-4-3-10-18(2)11-9-15/h5-8,12,15,17H,3-4,9-11H2,1-2H3. The number of hydrogen-bond donors (Lipinski definition) is 1. The Kier molecular flexibility index (Phi) is 5.22. The van der Waals surface area contributed by atoms with Gasteiger partial charge in [-0.15, -0.1) is 0 Å². The molecule has 2 atom stereocenters. The fourth-order valence-electron chi connectivity index (χ4n) is 2.61.